The highest BCUT2D eigenvalue weighted by Gasteiger charge is 2.60. The van der Waals surface area contributed by atoms with Gasteiger partial charge in [0.2, 0.25) is 0 Å². The number of hydrogen-bond donors (Lipinski definition) is 0. The van der Waals surface area contributed by atoms with Gasteiger partial charge in [-0.15, -0.1) is 11.8 Å². The van der Waals surface area contributed by atoms with E-state index < -0.39 is 0 Å². The number of thioether (sulfide) groups is 2. The van der Waals surface area contributed by atoms with Crippen LogP contribution in [-0.2, 0) is 0 Å². The molecule has 0 N–H and O–H groups in total. The Morgan fingerprint density at radius 1 is 1.14 bits per heavy atom. The second-order valence-corrected chi connectivity index (χ2v) is 10.6. The monoisotopic (exact) mass is 536 g/mol. The summed E-state index contributed by atoms with van der Waals surface area (Å²) >= 11 is 8.83. The summed E-state index contributed by atoms with van der Waals surface area (Å²) < 4.78 is 9.09. The van der Waals surface area contributed by atoms with Crippen LogP contribution in [0.25, 0.3) is 0 Å². The first-order valence-electron chi connectivity index (χ1n) is 6.78. The summed E-state index contributed by atoms with van der Waals surface area (Å²) in [5, 5.41) is 1.06. The molecule has 3 unspecified atom stereocenters. The van der Waals surface area contributed by atoms with Crippen LogP contribution in [0.4, 0.5) is 0 Å². The summed E-state index contributed by atoms with van der Waals surface area (Å²) in [6, 6.07) is 13.4. The van der Waals surface area contributed by atoms with Gasteiger partial charge in [0, 0.05) is 15.2 Å². The number of ether oxygens (including phenoxy) is 1. The molecule has 2 aromatic carbocycles. The third kappa shape index (κ3) is 1.89. The maximum Gasteiger partial charge on any atom is 0.176 e. The molecule has 2 bridgehead atoms. The van der Waals surface area contributed by atoms with Crippen molar-refractivity contribution in [1.29, 1.82) is 0 Å². The van der Waals surface area contributed by atoms with E-state index >= 15 is 0 Å². The van der Waals surface area contributed by atoms with Crippen molar-refractivity contribution in [3.05, 3.63) is 54.7 Å². The maximum absolute atomic E-state index is 6.56. The Labute approximate surface area is 159 Å². The SMILES string of the molecule is Ic1cc(I)c2c(c1)SC1(CC3SC1c1ccccc13)O2. The van der Waals surface area contributed by atoms with E-state index in [0.29, 0.717) is 10.5 Å². The average molecular weight is 536 g/mol. The number of benzene rings is 2. The lowest BCUT2D eigenvalue weighted by Gasteiger charge is -2.32. The fourth-order valence-corrected chi connectivity index (χ4v) is 9.42. The van der Waals surface area contributed by atoms with E-state index in [4.69, 9.17) is 4.74 Å². The maximum atomic E-state index is 6.56. The molecule has 1 spiro atoms. The van der Waals surface area contributed by atoms with Crippen molar-refractivity contribution in [1.82, 2.24) is 0 Å². The zero-order valence-corrected chi connectivity index (χ0v) is 16.8. The second-order valence-electron chi connectivity index (χ2n) is 5.57. The van der Waals surface area contributed by atoms with Gasteiger partial charge in [-0.3, -0.25) is 0 Å². The van der Waals surface area contributed by atoms with Crippen molar-refractivity contribution in [3.8, 4) is 5.75 Å². The topological polar surface area (TPSA) is 9.23 Å². The summed E-state index contributed by atoms with van der Waals surface area (Å²) in [7, 11) is 0. The van der Waals surface area contributed by atoms with Gasteiger partial charge in [-0.1, -0.05) is 36.0 Å². The van der Waals surface area contributed by atoms with Gasteiger partial charge < -0.3 is 4.74 Å². The van der Waals surface area contributed by atoms with Crippen LogP contribution >= 0.6 is 68.7 Å². The van der Waals surface area contributed by atoms with E-state index in [9.17, 15) is 0 Å². The van der Waals surface area contributed by atoms with E-state index in [0.717, 1.165) is 12.2 Å². The normalized spacial score (nSPS) is 31.3. The van der Waals surface area contributed by atoms with Gasteiger partial charge in [0.1, 0.15) is 5.75 Å². The minimum Gasteiger partial charge on any atom is -0.472 e. The van der Waals surface area contributed by atoms with Crippen molar-refractivity contribution in [2.24, 2.45) is 0 Å². The van der Waals surface area contributed by atoms with Gasteiger partial charge in [0.05, 0.1) is 13.7 Å². The minimum absolute atomic E-state index is 0.0869. The highest BCUT2D eigenvalue weighted by atomic mass is 127. The van der Waals surface area contributed by atoms with Crippen LogP contribution in [0, 0.1) is 7.14 Å². The molecule has 1 fully saturated rings. The molecule has 3 atom stereocenters. The lowest BCUT2D eigenvalue weighted by Crippen LogP contribution is -2.33. The Bertz CT molecular complexity index is 779. The quantitative estimate of drug-likeness (QED) is 0.382. The van der Waals surface area contributed by atoms with E-state index in [1.165, 1.54) is 23.2 Å². The smallest absolute Gasteiger partial charge is 0.176 e. The number of hydrogen-bond acceptors (Lipinski definition) is 3. The summed E-state index contributed by atoms with van der Waals surface area (Å²) in [5.41, 5.74) is 3.02. The Kier molecular flexibility index (Phi) is 3.09. The molecule has 2 aromatic rings. The van der Waals surface area contributed by atoms with Crippen molar-refractivity contribution in [2.45, 2.75) is 26.7 Å². The van der Waals surface area contributed by atoms with E-state index in [2.05, 4.69) is 93.3 Å². The fraction of sp³-hybridized carbons (Fsp3) is 0.250. The predicted molar refractivity (Wildman–Crippen MR) is 105 cm³/mol. The Hall–Kier alpha value is 0.400. The average Bonchev–Trinajstić information content (AvgIpc) is 3.10. The van der Waals surface area contributed by atoms with Crippen LogP contribution in [0.15, 0.2) is 41.3 Å². The van der Waals surface area contributed by atoms with Crippen LogP contribution in [0.5, 0.6) is 5.75 Å². The third-order valence-electron chi connectivity index (χ3n) is 4.33. The summed E-state index contributed by atoms with van der Waals surface area (Å²) in [5.74, 6) is 1.10. The molecule has 0 aromatic heterocycles. The first-order valence-corrected chi connectivity index (χ1v) is 10.7. The molecule has 3 aliphatic heterocycles. The van der Waals surface area contributed by atoms with Gasteiger partial charge in [-0.25, -0.2) is 0 Å². The molecule has 5 rings (SSSR count). The van der Waals surface area contributed by atoms with Crippen LogP contribution in [0.1, 0.15) is 28.0 Å². The van der Waals surface area contributed by atoms with E-state index in [1.807, 2.05) is 11.8 Å². The Morgan fingerprint density at radius 3 is 2.81 bits per heavy atom. The van der Waals surface area contributed by atoms with Gasteiger partial charge >= 0.3 is 0 Å². The number of rotatable bonds is 0. The predicted octanol–water partition coefficient (Wildman–Crippen LogP) is 6.01. The molecule has 0 amide bonds. The number of fused-ring (bicyclic) bond motifs is 7. The Morgan fingerprint density at radius 2 is 1.95 bits per heavy atom. The molecule has 1 nitrogen and oxygen atoms in total. The highest BCUT2D eigenvalue weighted by Crippen LogP contribution is 2.72. The van der Waals surface area contributed by atoms with E-state index in [-0.39, 0.29) is 4.93 Å². The molecule has 106 valence electrons. The standard InChI is InChI=1S/C16H10I2OS2/c17-8-5-11(18)14-12(6-8)21-16(19-14)7-13-9-3-1-2-4-10(9)15(16)20-13/h1-6,13,15H,7H2. The molecular formula is C16H10I2OS2. The number of halogens is 2. The molecule has 1 saturated heterocycles. The van der Waals surface area contributed by atoms with Crippen molar-refractivity contribution < 1.29 is 4.74 Å². The van der Waals surface area contributed by atoms with Crippen molar-refractivity contribution in [2.75, 3.05) is 0 Å². The zero-order chi connectivity index (χ0) is 14.2. The van der Waals surface area contributed by atoms with Crippen molar-refractivity contribution in [3.63, 3.8) is 0 Å². The largest absolute Gasteiger partial charge is 0.472 e. The molecular weight excluding hydrogens is 526 g/mol. The van der Waals surface area contributed by atoms with Crippen LogP contribution < -0.4 is 4.74 Å². The third-order valence-corrected chi connectivity index (χ3v) is 8.91. The lowest BCUT2D eigenvalue weighted by atomic mass is 9.89. The molecule has 0 saturated carbocycles. The Balaban J connectivity index is 1.61. The zero-order valence-electron chi connectivity index (χ0n) is 10.8. The molecule has 21 heavy (non-hydrogen) atoms. The van der Waals surface area contributed by atoms with E-state index in [1.54, 1.807) is 0 Å². The van der Waals surface area contributed by atoms with Gasteiger partial charge in [-0.2, -0.15) is 0 Å². The second kappa shape index (κ2) is 4.70. The summed E-state index contributed by atoms with van der Waals surface area (Å²) in [6.45, 7) is 0. The summed E-state index contributed by atoms with van der Waals surface area (Å²) in [4.78, 5) is 1.23. The van der Waals surface area contributed by atoms with Crippen molar-refractivity contribution >= 4 is 68.7 Å². The lowest BCUT2D eigenvalue weighted by molar-refractivity contribution is 0.161. The molecule has 0 radical (unpaired) electrons. The minimum atomic E-state index is -0.0869. The molecule has 0 aliphatic carbocycles. The van der Waals surface area contributed by atoms with Gasteiger partial charge in [0.15, 0.2) is 4.93 Å². The summed E-state index contributed by atoms with van der Waals surface area (Å²) in [6.07, 6.45) is 1.12. The molecule has 3 aliphatic rings. The highest BCUT2D eigenvalue weighted by molar-refractivity contribution is 14.1. The molecule has 3 heterocycles. The molecule has 5 heteroatoms. The fourth-order valence-electron chi connectivity index (χ4n) is 3.50. The van der Waals surface area contributed by atoms with Crippen LogP contribution in [0.3, 0.4) is 0 Å². The van der Waals surface area contributed by atoms with Crippen LogP contribution in [-0.4, -0.2) is 4.93 Å². The van der Waals surface area contributed by atoms with Crippen LogP contribution in [0.2, 0.25) is 0 Å². The first kappa shape index (κ1) is 13.8. The first-order chi connectivity index (χ1) is 10.2. The van der Waals surface area contributed by atoms with Gasteiger partial charge in [-0.05, 0) is 68.4 Å². The van der Waals surface area contributed by atoms with Gasteiger partial charge in [0.25, 0.3) is 0 Å².